The number of nitrogens with one attached hydrogen (secondary N) is 2. The number of benzene rings is 1. The van der Waals surface area contributed by atoms with Gasteiger partial charge in [0.05, 0.1) is 4.90 Å². The fourth-order valence-corrected chi connectivity index (χ4v) is 3.62. The highest BCUT2D eigenvalue weighted by Crippen LogP contribution is 2.31. The first-order chi connectivity index (χ1) is 9.51. The van der Waals surface area contributed by atoms with Crippen molar-refractivity contribution >= 4 is 15.7 Å². The largest absolute Gasteiger partial charge is 0.383 e. The van der Waals surface area contributed by atoms with Crippen molar-refractivity contribution in [3.05, 3.63) is 24.3 Å². The van der Waals surface area contributed by atoms with E-state index in [1.54, 1.807) is 19.1 Å². The van der Waals surface area contributed by atoms with Gasteiger partial charge in [0.15, 0.2) is 0 Å². The number of hydrogen-bond donors (Lipinski definition) is 2. The maximum absolute atomic E-state index is 11.8. The van der Waals surface area contributed by atoms with E-state index in [1.807, 2.05) is 12.1 Å². The van der Waals surface area contributed by atoms with Gasteiger partial charge in [-0.2, -0.15) is 0 Å². The summed E-state index contributed by atoms with van der Waals surface area (Å²) in [5.74, 6) is 0.867. The Balaban J connectivity index is 1.93. The van der Waals surface area contributed by atoms with Crippen LogP contribution >= 0.6 is 0 Å². The van der Waals surface area contributed by atoms with Crippen LogP contribution in [0.5, 0.6) is 0 Å². The molecule has 1 unspecified atom stereocenters. The molecular weight excluding hydrogens is 272 g/mol. The van der Waals surface area contributed by atoms with E-state index in [0.717, 1.165) is 11.6 Å². The molecule has 112 valence electrons. The molecule has 2 rings (SSSR count). The molecule has 0 heterocycles. The summed E-state index contributed by atoms with van der Waals surface area (Å²) in [7, 11) is -3.35. The minimum Gasteiger partial charge on any atom is -0.383 e. The molecule has 0 amide bonds. The first kappa shape index (κ1) is 15.3. The lowest BCUT2D eigenvalue weighted by Crippen LogP contribution is -2.24. The Labute approximate surface area is 122 Å². The standard InChI is InChI=1S/C15H24N2O2S/c1-3-16-20(18,19)15-9-7-14(8-10-15)17-12(2)11-13-5-4-6-13/h7-10,12-13,16-17H,3-6,11H2,1-2H3. The van der Waals surface area contributed by atoms with Gasteiger partial charge in [0.25, 0.3) is 0 Å². The van der Waals surface area contributed by atoms with E-state index in [1.165, 1.54) is 25.7 Å². The Kier molecular flexibility index (Phi) is 5.05. The number of sulfonamides is 1. The van der Waals surface area contributed by atoms with E-state index >= 15 is 0 Å². The van der Waals surface area contributed by atoms with E-state index in [9.17, 15) is 8.42 Å². The Morgan fingerprint density at radius 1 is 1.25 bits per heavy atom. The van der Waals surface area contributed by atoms with Crippen molar-refractivity contribution in [3.63, 3.8) is 0 Å². The van der Waals surface area contributed by atoms with Crippen LogP contribution in [-0.4, -0.2) is 21.0 Å². The van der Waals surface area contributed by atoms with Crippen molar-refractivity contribution in [2.24, 2.45) is 5.92 Å². The summed E-state index contributed by atoms with van der Waals surface area (Å²) >= 11 is 0. The molecule has 0 bridgehead atoms. The van der Waals surface area contributed by atoms with Gasteiger partial charge in [0.1, 0.15) is 0 Å². The van der Waals surface area contributed by atoms with E-state index in [-0.39, 0.29) is 0 Å². The van der Waals surface area contributed by atoms with Gasteiger partial charge in [-0.15, -0.1) is 0 Å². The first-order valence-electron chi connectivity index (χ1n) is 7.37. The van der Waals surface area contributed by atoms with Crippen molar-refractivity contribution in [2.75, 3.05) is 11.9 Å². The van der Waals surface area contributed by atoms with Crippen molar-refractivity contribution in [1.82, 2.24) is 4.72 Å². The Hall–Kier alpha value is -1.07. The Bertz CT molecular complexity index is 521. The predicted molar refractivity (Wildman–Crippen MR) is 82.3 cm³/mol. The summed E-state index contributed by atoms with van der Waals surface area (Å²) < 4.78 is 26.1. The second-order valence-corrected chi connectivity index (χ2v) is 7.37. The highest BCUT2D eigenvalue weighted by atomic mass is 32.2. The molecule has 0 aliphatic heterocycles. The van der Waals surface area contributed by atoms with Crippen molar-refractivity contribution < 1.29 is 8.42 Å². The van der Waals surface area contributed by atoms with Crippen LogP contribution in [0.2, 0.25) is 0 Å². The third-order valence-corrected chi connectivity index (χ3v) is 5.39. The number of hydrogen-bond acceptors (Lipinski definition) is 3. The lowest BCUT2D eigenvalue weighted by atomic mass is 9.81. The predicted octanol–water partition coefficient (Wildman–Crippen LogP) is 2.98. The highest BCUT2D eigenvalue weighted by Gasteiger charge is 2.20. The van der Waals surface area contributed by atoms with Crippen LogP contribution in [0.1, 0.15) is 39.5 Å². The number of anilines is 1. The number of rotatable bonds is 7. The van der Waals surface area contributed by atoms with Crippen LogP contribution in [0, 0.1) is 5.92 Å². The molecule has 1 aromatic carbocycles. The average Bonchev–Trinajstić information content (AvgIpc) is 2.34. The maximum Gasteiger partial charge on any atom is 0.240 e. The molecule has 0 saturated heterocycles. The van der Waals surface area contributed by atoms with Gasteiger partial charge in [-0.05, 0) is 43.5 Å². The molecule has 1 aliphatic carbocycles. The summed E-state index contributed by atoms with van der Waals surface area (Å²) in [5.41, 5.74) is 0.979. The topological polar surface area (TPSA) is 58.2 Å². The van der Waals surface area contributed by atoms with Gasteiger partial charge >= 0.3 is 0 Å². The van der Waals surface area contributed by atoms with Gasteiger partial charge in [-0.3, -0.25) is 0 Å². The summed E-state index contributed by atoms with van der Waals surface area (Å²) in [5, 5.41) is 3.44. The molecule has 4 nitrogen and oxygen atoms in total. The van der Waals surface area contributed by atoms with E-state index in [2.05, 4.69) is 17.0 Å². The molecule has 1 saturated carbocycles. The zero-order valence-corrected chi connectivity index (χ0v) is 13.0. The molecule has 0 spiro atoms. The Morgan fingerprint density at radius 2 is 1.90 bits per heavy atom. The van der Waals surface area contributed by atoms with Crippen LogP contribution in [-0.2, 0) is 10.0 Å². The van der Waals surface area contributed by atoms with Crippen molar-refractivity contribution in [3.8, 4) is 0 Å². The zero-order chi connectivity index (χ0) is 14.6. The molecule has 0 radical (unpaired) electrons. The summed E-state index contributed by atoms with van der Waals surface area (Å²) in [4.78, 5) is 0.316. The van der Waals surface area contributed by atoms with Gasteiger partial charge in [0, 0.05) is 18.3 Å². The molecule has 0 aromatic heterocycles. The fraction of sp³-hybridized carbons (Fsp3) is 0.600. The van der Waals surface area contributed by atoms with Crippen LogP contribution < -0.4 is 10.0 Å². The molecule has 1 aliphatic rings. The second-order valence-electron chi connectivity index (χ2n) is 5.60. The molecule has 1 aromatic rings. The zero-order valence-electron chi connectivity index (χ0n) is 12.2. The quantitative estimate of drug-likeness (QED) is 0.813. The van der Waals surface area contributed by atoms with Crippen molar-refractivity contribution in [1.29, 1.82) is 0 Å². The minimum atomic E-state index is -3.35. The second kappa shape index (κ2) is 6.59. The highest BCUT2D eigenvalue weighted by molar-refractivity contribution is 7.89. The SMILES string of the molecule is CCNS(=O)(=O)c1ccc(NC(C)CC2CCC2)cc1. The Morgan fingerprint density at radius 3 is 2.40 bits per heavy atom. The third-order valence-electron chi connectivity index (χ3n) is 3.82. The third kappa shape index (κ3) is 3.96. The summed E-state index contributed by atoms with van der Waals surface area (Å²) in [6.45, 7) is 4.36. The van der Waals surface area contributed by atoms with E-state index in [0.29, 0.717) is 17.5 Å². The van der Waals surface area contributed by atoms with Crippen molar-refractivity contribution in [2.45, 2.75) is 50.5 Å². The maximum atomic E-state index is 11.8. The lowest BCUT2D eigenvalue weighted by molar-refractivity contribution is 0.286. The monoisotopic (exact) mass is 296 g/mol. The van der Waals surface area contributed by atoms with Gasteiger partial charge in [-0.1, -0.05) is 26.2 Å². The van der Waals surface area contributed by atoms with E-state index < -0.39 is 10.0 Å². The minimum absolute atomic E-state index is 0.316. The first-order valence-corrected chi connectivity index (χ1v) is 8.86. The molecule has 20 heavy (non-hydrogen) atoms. The lowest BCUT2D eigenvalue weighted by Gasteiger charge is -2.28. The van der Waals surface area contributed by atoms with E-state index in [4.69, 9.17) is 0 Å². The molecule has 1 atom stereocenters. The van der Waals surface area contributed by atoms with Crippen LogP contribution in [0.3, 0.4) is 0 Å². The van der Waals surface area contributed by atoms with Crippen LogP contribution in [0.15, 0.2) is 29.2 Å². The fourth-order valence-electron chi connectivity index (χ4n) is 2.58. The smallest absolute Gasteiger partial charge is 0.240 e. The van der Waals surface area contributed by atoms with Gasteiger partial charge in [-0.25, -0.2) is 13.1 Å². The molecular formula is C15H24N2O2S. The van der Waals surface area contributed by atoms with Crippen LogP contribution in [0.4, 0.5) is 5.69 Å². The van der Waals surface area contributed by atoms with Gasteiger partial charge in [0.2, 0.25) is 10.0 Å². The summed E-state index contributed by atoms with van der Waals surface area (Å²) in [6, 6.07) is 7.40. The molecule has 1 fully saturated rings. The average molecular weight is 296 g/mol. The van der Waals surface area contributed by atoms with Gasteiger partial charge < -0.3 is 5.32 Å². The van der Waals surface area contributed by atoms with Crippen LogP contribution in [0.25, 0.3) is 0 Å². The normalized spacial score (nSPS) is 17.5. The summed E-state index contributed by atoms with van der Waals surface area (Å²) in [6.07, 6.45) is 5.27. The molecule has 2 N–H and O–H groups in total. The molecule has 5 heteroatoms.